The lowest BCUT2D eigenvalue weighted by Crippen LogP contribution is -2.77. The van der Waals surface area contributed by atoms with Crippen LogP contribution in [0.3, 0.4) is 0 Å². The summed E-state index contributed by atoms with van der Waals surface area (Å²) < 4.78 is 1.37. The SMILES string of the molecule is N#CC1c2nc3ccccc3n2C(=O)C12C(Cl)C(=O)N2c1ccc2ccccc2c1O. The Morgan fingerprint density at radius 2 is 1.81 bits per heavy atom. The first kappa shape index (κ1) is 17.9. The minimum Gasteiger partial charge on any atom is -0.505 e. The van der Waals surface area contributed by atoms with E-state index >= 15 is 0 Å². The maximum absolute atomic E-state index is 13.8. The van der Waals surface area contributed by atoms with Crippen molar-refractivity contribution in [3.05, 3.63) is 66.5 Å². The molecule has 1 saturated heterocycles. The van der Waals surface area contributed by atoms with Gasteiger partial charge in [0.2, 0.25) is 5.91 Å². The second-order valence-electron chi connectivity index (χ2n) is 7.68. The van der Waals surface area contributed by atoms with Crippen molar-refractivity contribution >= 4 is 50.9 Å². The van der Waals surface area contributed by atoms with Crippen LogP contribution in [0.4, 0.5) is 5.69 Å². The molecule has 1 N–H and O–H groups in total. The van der Waals surface area contributed by atoms with Gasteiger partial charge in [-0.25, -0.2) is 4.98 Å². The largest absolute Gasteiger partial charge is 0.505 e. The number of fused-ring (bicyclic) bond motifs is 4. The van der Waals surface area contributed by atoms with Gasteiger partial charge >= 0.3 is 0 Å². The molecular weight excluding hydrogens is 416 g/mol. The van der Waals surface area contributed by atoms with Crippen molar-refractivity contribution in [1.29, 1.82) is 5.26 Å². The molecule has 6 rings (SSSR count). The molecule has 2 aliphatic rings. The van der Waals surface area contributed by atoms with Crippen molar-refractivity contribution in [3.8, 4) is 11.8 Å². The molecule has 7 nitrogen and oxygen atoms in total. The van der Waals surface area contributed by atoms with Gasteiger partial charge in [0.05, 0.1) is 22.8 Å². The number of rotatable bonds is 1. The summed E-state index contributed by atoms with van der Waals surface area (Å²) in [4.78, 5) is 32.4. The number of hydrogen-bond donors (Lipinski definition) is 1. The zero-order valence-electron chi connectivity index (χ0n) is 15.9. The van der Waals surface area contributed by atoms with E-state index in [4.69, 9.17) is 11.6 Å². The molecule has 4 aromatic rings. The van der Waals surface area contributed by atoms with Crippen molar-refractivity contribution < 1.29 is 14.7 Å². The number of imidazole rings is 1. The number of benzene rings is 3. The van der Waals surface area contributed by atoms with E-state index in [1.165, 1.54) is 9.47 Å². The van der Waals surface area contributed by atoms with Gasteiger partial charge < -0.3 is 5.11 Å². The average molecular weight is 429 g/mol. The number of aromatic hydroxyl groups is 1. The van der Waals surface area contributed by atoms with E-state index in [2.05, 4.69) is 11.1 Å². The Bertz CT molecular complexity index is 1500. The van der Waals surface area contributed by atoms with Crippen LogP contribution >= 0.6 is 11.6 Å². The van der Waals surface area contributed by atoms with E-state index in [0.29, 0.717) is 16.4 Å². The summed E-state index contributed by atoms with van der Waals surface area (Å²) in [7, 11) is 0. The predicted octanol–water partition coefficient (Wildman–Crippen LogP) is 3.55. The molecule has 0 aliphatic carbocycles. The molecule has 3 aromatic carbocycles. The lowest BCUT2D eigenvalue weighted by atomic mass is 9.73. The molecule has 31 heavy (non-hydrogen) atoms. The molecule has 0 radical (unpaired) electrons. The Labute approximate surface area is 180 Å². The number of amides is 1. The summed E-state index contributed by atoms with van der Waals surface area (Å²) in [6.07, 6.45) is 0. The number of phenolic OH excluding ortho intramolecular Hbond substituents is 1. The van der Waals surface area contributed by atoms with E-state index < -0.39 is 28.6 Å². The molecule has 3 unspecified atom stereocenters. The fourth-order valence-electron chi connectivity index (χ4n) is 4.86. The van der Waals surface area contributed by atoms with Gasteiger partial charge in [0.1, 0.15) is 22.9 Å². The van der Waals surface area contributed by atoms with Gasteiger partial charge in [-0.3, -0.25) is 19.1 Å². The van der Waals surface area contributed by atoms with Crippen molar-refractivity contribution in [1.82, 2.24) is 9.55 Å². The number of phenols is 1. The highest BCUT2D eigenvalue weighted by atomic mass is 35.5. The van der Waals surface area contributed by atoms with Crippen LogP contribution in [0.25, 0.3) is 21.8 Å². The molecular formula is C23H13ClN4O3. The number of anilines is 1. The Kier molecular flexibility index (Phi) is 3.37. The van der Waals surface area contributed by atoms with Gasteiger partial charge in [0.15, 0.2) is 5.54 Å². The molecule has 1 aromatic heterocycles. The number of carbonyl (C=O) groups excluding carboxylic acids is 2. The Morgan fingerprint density at radius 1 is 1.06 bits per heavy atom. The predicted molar refractivity (Wildman–Crippen MR) is 114 cm³/mol. The van der Waals surface area contributed by atoms with E-state index in [1.54, 1.807) is 48.5 Å². The van der Waals surface area contributed by atoms with Gasteiger partial charge in [-0.2, -0.15) is 5.26 Å². The zero-order valence-corrected chi connectivity index (χ0v) is 16.6. The molecule has 150 valence electrons. The Balaban J connectivity index is 1.61. The molecule has 2 aliphatic heterocycles. The molecule has 3 heterocycles. The molecule has 1 spiro atoms. The highest BCUT2D eigenvalue weighted by Crippen LogP contribution is 2.55. The van der Waals surface area contributed by atoms with Gasteiger partial charge in [0, 0.05) is 5.39 Å². The number of alkyl halides is 1. The van der Waals surface area contributed by atoms with E-state index in [9.17, 15) is 20.0 Å². The minimum atomic E-state index is -1.68. The third kappa shape index (κ3) is 1.91. The topological polar surface area (TPSA) is 99.2 Å². The second kappa shape index (κ2) is 5.84. The average Bonchev–Trinajstić information content (AvgIpc) is 3.29. The van der Waals surface area contributed by atoms with Crippen LogP contribution < -0.4 is 4.90 Å². The summed E-state index contributed by atoms with van der Waals surface area (Å²) in [6.45, 7) is 0. The maximum atomic E-state index is 13.8. The first-order valence-corrected chi connectivity index (χ1v) is 10.1. The standard InChI is InChI=1S/C23H13ClN4O3/c24-19-21(30)28(17-10-9-12-5-1-2-6-13(12)18(17)29)23(19)14(11-25)20-26-15-7-3-4-8-16(15)27(20)22(23)31/h1-10,14,19,29H. The smallest absolute Gasteiger partial charge is 0.262 e. The van der Waals surface area contributed by atoms with Crippen LogP contribution in [-0.4, -0.2) is 37.4 Å². The Hall–Kier alpha value is -3.89. The molecule has 3 atom stereocenters. The second-order valence-corrected chi connectivity index (χ2v) is 8.11. The fraction of sp³-hybridized carbons (Fsp3) is 0.130. The summed E-state index contributed by atoms with van der Waals surface area (Å²) in [5.74, 6) is -2.03. The number of halogens is 1. The number of nitriles is 1. The van der Waals surface area contributed by atoms with Gasteiger partial charge in [0.25, 0.3) is 5.91 Å². The summed E-state index contributed by atoms with van der Waals surface area (Å²) >= 11 is 6.46. The van der Waals surface area contributed by atoms with Crippen molar-refractivity contribution in [2.45, 2.75) is 16.8 Å². The third-order valence-electron chi connectivity index (χ3n) is 6.27. The number of carbonyl (C=O) groups is 2. The van der Waals surface area contributed by atoms with Crippen LogP contribution in [0.1, 0.15) is 16.5 Å². The van der Waals surface area contributed by atoms with Gasteiger partial charge in [-0.1, -0.05) is 42.5 Å². The van der Waals surface area contributed by atoms with Crippen LogP contribution in [0.2, 0.25) is 0 Å². The summed E-state index contributed by atoms with van der Waals surface area (Å²) in [5.41, 5.74) is -0.410. The summed E-state index contributed by atoms with van der Waals surface area (Å²) in [5, 5.41) is 21.1. The number of para-hydroxylation sites is 2. The third-order valence-corrected chi connectivity index (χ3v) is 6.79. The van der Waals surface area contributed by atoms with Gasteiger partial charge in [-0.05, 0) is 23.6 Å². The lowest BCUT2D eigenvalue weighted by molar-refractivity contribution is -0.125. The molecule has 1 fully saturated rings. The number of hydrogen-bond acceptors (Lipinski definition) is 5. The molecule has 1 amide bonds. The van der Waals surface area contributed by atoms with Crippen LogP contribution in [-0.2, 0) is 4.79 Å². The molecule has 0 saturated carbocycles. The monoisotopic (exact) mass is 428 g/mol. The first-order valence-electron chi connectivity index (χ1n) is 9.62. The van der Waals surface area contributed by atoms with E-state index in [0.717, 1.165) is 5.39 Å². The first-order chi connectivity index (χ1) is 15.0. The quantitative estimate of drug-likeness (QED) is 0.369. The van der Waals surface area contributed by atoms with Crippen molar-refractivity contribution in [2.24, 2.45) is 0 Å². The fourth-order valence-corrected chi connectivity index (χ4v) is 5.27. The van der Waals surface area contributed by atoms with Crippen molar-refractivity contribution in [2.75, 3.05) is 4.90 Å². The van der Waals surface area contributed by atoms with Crippen LogP contribution in [0, 0.1) is 11.3 Å². The highest BCUT2D eigenvalue weighted by molar-refractivity contribution is 6.43. The maximum Gasteiger partial charge on any atom is 0.262 e. The highest BCUT2D eigenvalue weighted by Gasteiger charge is 2.74. The van der Waals surface area contributed by atoms with Gasteiger partial charge in [-0.15, -0.1) is 11.6 Å². The zero-order chi connectivity index (χ0) is 21.5. The molecule has 0 bridgehead atoms. The lowest BCUT2D eigenvalue weighted by Gasteiger charge is -2.52. The van der Waals surface area contributed by atoms with E-state index in [-0.39, 0.29) is 17.3 Å². The number of β-lactam (4-membered cyclic amide) rings is 1. The van der Waals surface area contributed by atoms with E-state index in [1.807, 2.05) is 12.1 Å². The number of nitrogens with zero attached hydrogens (tertiary/aromatic N) is 4. The van der Waals surface area contributed by atoms with Crippen LogP contribution in [0.5, 0.6) is 5.75 Å². The number of aromatic nitrogens is 2. The Morgan fingerprint density at radius 3 is 2.61 bits per heavy atom. The van der Waals surface area contributed by atoms with Crippen molar-refractivity contribution in [3.63, 3.8) is 0 Å². The molecule has 8 heteroatoms. The van der Waals surface area contributed by atoms with Crippen LogP contribution in [0.15, 0.2) is 60.7 Å². The summed E-state index contributed by atoms with van der Waals surface area (Å²) in [6, 6.07) is 19.7. The minimum absolute atomic E-state index is 0.143. The normalized spacial score (nSPS) is 24.6.